The van der Waals surface area contributed by atoms with Crippen LogP contribution in [0.4, 0.5) is 0 Å². The first-order chi connectivity index (χ1) is 9.16. The van der Waals surface area contributed by atoms with Gasteiger partial charge in [0.25, 0.3) is 0 Å². The summed E-state index contributed by atoms with van der Waals surface area (Å²) < 4.78 is 31.8. The summed E-state index contributed by atoms with van der Waals surface area (Å²) in [5.74, 6) is -0.544. The molecule has 0 aliphatic heterocycles. The summed E-state index contributed by atoms with van der Waals surface area (Å²) >= 11 is 0. The Kier molecular flexibility index (Phi) is 3.81. The zero-order chi connectivity index (χ0) is 15.1. The van der Waals surface area contributed by atoms with Crippen molar-refractivity contribution in [2.24, 2.45) is 5.41 Å². The highest BCUT2D eigenvalue weighted by molar-refractivity contribution is 7.89. The van der Waals surface area contributed by atoms with E-state index in [1.54, 1.807) is 14.0 Å². The zero-order valence-corrected chi connectivity index (χ0v) is 13.1. The van der Waals surface area contributed by atoms with Gasteiger partial charge in [-0.15, -0.1) is 5.10 Å². The molecule has 1 aromatic rings. The summed E-state index contributed by atoms with van der Waals surface area (Å²) in [6.45, 7) is 5.58. The largest absolute Gasteiger partial charge is 0.437 e. The molecule has 0 aromatic carbocycles. The molecule has 0 saturated heterocycles. The number of nitrogens with zero attached hydrogens (tertiary/aromatic N) is 3. The first-order valence-corrected chi connectivity index (χ1v) is 8.27. The van der Waals surface area contributed by atoms with Crippen LogP contribution in [0.5, 0.6) is 0 Å². The molecule has 1 atom stereocenters. The van der Waals surface area contributed by atoms with Gasteiger partial charge in [0, 0.05) is 20.0 Å². The van der Waals surface area contributed by atoms with Crippen LogP contribution in [0.1, 0.15) is 32.6 Å². The summed E-state index contributed by atoms with van der Waals surface area (Å²) in [6, 6.07) is -0.0386. The SMILES string of the molecule is Cc1nn(CCS(=O)(=O)N(C)C(C)C2(C)CC2)c(=O)o1. The maximum Gasteiger partial charge on any atom is 0.437 e. The molecule has 114 valence electrons. The summed E-state index contributed by atoms with van der Waals surface area (Å²) in [7, 11) is -1.82. The van der Waals surface area contributed by atoms with Crippen LogP contribution in [0, 0.1) is 12.3 Å². The van der Waals surface area contributed by atoms with Crippen molar-refractivity contribution < 1.29 is 12.8 Å². The molecule has 8 heteroatoms. The van der Waals surface area contributed by atoms with Gasteiger partial charge in [-0.25, -0.2) is 17.5 Å². The molecule has 1 unspecified atom stereocenters. The van der Waals surface area contributed by atoms with E-state index < -0.39 is 15.8 Å². The molecular weight excluding hydrogens is 282 g/mol. The predicted octanol–water partition coefficient (Wildman–Crippen LogP) is 0.595. The molecule has 0 N–H and O–H groups in total. The second-order valence-corrected chi connectivity index (χ2v) is 7.92. The summed E-state index contributed by atoms with van der Waals surface area (Å²) in [4.78, 5) is 11.4. The minimum Gasteiger partial charge on any atom is -0.393 e. The number of hydrogen-bond acceptors (Lipinski definition) is 5. The molecule has 1 saturated carbocycles. The lowest BCUT2D eigenvalue weighted by Gasteiger charge is -2.29. The summed E-state index contributed by atoms with van der Waals surface area (Å²) in [6.07, 6.45) is 2.10. The number of sulfonamides is 1. The van der Waals surface area contributed by atoms with E-state index in [0.717, 1.165) is 17.5 Å². The lowest BCUT2D eigenvalue weighted by Crippen LogP contribution is -2.42. The van der Waals surface area contributed by atoms with Gasteiger partial charge in [0.2, 0.25) is 15.9 Å². The van der Waals surface area contributed by atoms with Crippen LogP contribution in [-0.4, -0.2) is 41.3 Å². The van der Waals surface area contributed by atoms with Crippen molar-refractivity contribution in [2.45, 2.75) is 46.2 Å². The molecule has 0 spiro atoms. The predicted molar refractivity (Wildman–Crippen MR) is 73.9 cm³/mol. The van der Waals surface area contributed by atoms with Crippen LogP contribution in [0.3, 0.4) is 0 Å². The molecular formula is C12H21N3O4S. The monoisotopic (exact) mass is 303 g/mol. The average Bonchev–Trinajstić information content (AvgIpc) is 3.03. The van der Waals surface area contributed by atoms with Crippen molar-refractivity contribution in [3.05, 3.63) is 16.4 Å². The summed E-state index contributed by atoms with van der Waals surface area (Å²) in [5, 5.41) is 3.83. The van der Waals surface area contributed by atoms with Gasteiger partial charge in [-0.3, -0.25) is 0 Å². The maximum atomic E-state index is 12.3. The Morgan fingerprint density at radius 1 is 1.50 bits per heavy atom. The van der Waals surface area contributed by atoms with Crippen LogP contribution in [0.25, 0.3) is 0 Å². The molecule has 0 radical (unpaired) electrons. The molecule has 0 bridgehead atoms. The van der Waals surface area contributed by atoms with Gasteiger partial charge in [0.1, 0.15) is 0 Å². The van der Waals surface area contributed by atoms with E-state index in [4.69, 9.17) is 4.42 Å². The van der Waals surface area contributed by atoms with Crippen molar-refractivity contribution in [1.82, 2.24) is 14.1 Å². The van der Waals surface area contributed by atoms with Gasteiger partial charge in [-0.05, 0) is 25.2 Å². The topological polar surface area (TPSA) is 85.4 Å². The first-order valence-electron chi connectivity index (χ1n) is 6.66. The van der Waals surface area contributed by atoms with E-state index in [0.29, 0.717) is 0 Å². The Morgan fingerprint density at radius 3 is 2.55 bits per heavy atom. The van der Waals surface area contributed by atoms with Crippen molar-refractivity contribution in [2.75, 3.05) is 12.8 Å². The zero-order valence-electron chi connectivity index (χ0n) is 12.3. The average molecular weight is 303 g/mol. The minimum absolute atomic E-state index is 0.00623. The minimum atomic E-state index is -3.42. The molecule has 1 fully saturated rings. The van der Waals surface area contributed by atoms with Crippen molar-refractivity contribution in [3.8, 4) is 0 Å². The molecule has 20 heavy (non-hydrogen) atoms. The Bertz CT molecular complexity index is 642. The molecule has 1 aromatic heterocycles. The van der Waals surface area contributed by atoms with Crippen LogP contribution in [0.15, 0.2) is 9.21 Å². The van der Waals surface area contributed by atoms with Gasteiger partial charge in [0.05, 0.1) is 12.3 Å². The molecule has 1 heterocycles. The second-order valence-electron chi connectivity index (χ2n) is 5.77. The first kappa shape index (κ1) is 15.2. The molecule has 1 aliphatic carbocycles. The Balaban J connectivity index is 2.04. The van der Waals surface area contributed by atoms with Gasteiger partial charge < -0.3 is 4.42 Å². The quantitative estimate of drug-likeness (QED) is 0.768. The van der Waals surface area contributed by atoms with Crippen molar-refractivity contribution in [3.63, 3.8) is 0 Å². The second kappa shape index (κ2) is 5.00. The smallest absolute Gasteiger partial charge is 0.393 e. The lowest BCUT2D eigenvalue weighted by atomic mass is 10.0. The number of hydrogen-bond donors (Lipinski definition) is 0. The third kappa shape index (κ3) is 2.95. The number of rotatable bonds is 6. The normalized spacial score (nSPS) is 19.2. The van der Waals surface area contributed by atoms with E-state index in [2.05, 4.69) is 12.0 Å². The molecule has 7 nitrogen and oxygen atoms in total. The highest BCUT2D eigenvalue weighted by Gasteiger charge is 2.46. The lowest BCUT2D eigenvalue weighted by molar-refractivity contribution is 0.282. The fourth-order valence-electron chi connectivity index (χ4n) is 2.19. The summed E-state index contributed by atoms with van der Waals surface area (Å²) in [5.41, 5.74) is 0.0864. The van der Waals surface area contributed by atoms with Crippen molar-refractivity contribution >= 4 is 10.0 Å². The van der Waals surface area contributed by atoms with Crippen LogP contribution >= 0.6 is 0 Å². The molecule has 1 aliphatic rings. The standard InChI is InChI=1S/C12H21N3O4S/c1-9(12(3)5-6-12)14(4)20(17,18)8-7-15-11(16)19-10(2)13-15/h9H,5-8H2,1-4H3. The van der Waals surface area contributed by atoms with Gasteiger partial charge in [-0.2, -0.15) is 4.68 Å². The van der Waals surface area contributed by atoms with E-state index in [-0.39, 0.29) is 29.6 Å². The van der Waals surface area contributed by atoms with Gasteiger partial charge in [-0.1, -0.05) is 6.92 Å². The highest BCUT2D eigenvalue weighted by Crippen LogP contribution is 2.49. The molecule has 0 amide bonds. The fourth-order valence-corrected chi connectivity index (χ4v) is 3.62. The maximum absolute atomic E-state index is 12.3. The van der Waals surface area contributed by atoms with Crippen LogP contribution in [0.2, 0.25) is 0 Å². The van der Waals surface area contributed by atoms with Crippen LogP contribution in [-0.2, 0) is 16.6 Å². The van der Waals surface area contributed by atoms with E-state index >= 15 is 0 Å². The van der Waals surface area contributed by atoms with E-state index in [9.17, 15) is 13.2 Å². The Hall–Kier alpha value is -1.15. The van der Waals surface area contributed by atoms with E-state index in [1.807, 2.05) is 6.92 Å². The highest BCUT2D eigenvalue weighted by atomic mass is 32.2. The third-order valence-corrected chi connectivity index (χ3v) is 6.19. The Morgan fingerprint density at radius 2 is 2.10 bits per heavy atom. The van der Waals surface area contributed by atoms with Crippen molar-refractivity contribution in [1.29, 1.82) is 0 Å². The van der Waals surface area contributed by atoms with Crippen LogP contribution < -0.4 is 5.76 Å². The van der Waals surface area contributed by atoms with Gasteiger partial charge in [0.15, 0.2) is 0 Å². The number of aromatic nitrogens is 2. The fraction of sp³-hybridized carbons (Fsp3) is 0.833. The molecule has 2 rings (SSSR count). The Labute approximate surface area is 118 Å². The van der Waals surface area contributed by atoms with Gasteiger partial charge >= 0.3 is 5.76 Å². The number of aryl methyl sites for hydroxylation is 2. The third-order valence-electron chi connectivity index (χ3n) is 4.30. The van der Waals surface area contributed by atoms with E-state index in [1.165, 1.54) is 4.31 Å².